The summed E-state index contributed by atoms with van der Waals surface area (Å²) in [5.41, 5.74) is 1.23. The van der Waals surface area contributed by atoms with Gasteiger partial charge >= 0.3 is 0 Å². The summed E-state index contributed by atoms with van der Waals surface area (Å²) in [5, 5.41) is 5.51. The number of benzene rings is 1. The predicted molar refractivity (Wildman–Crippen MR) is 97.0 cm³/mol. The molecule has 0 saturated carbocycles. The Bertz CT molecular complexity index is 547. The molecule has 0 radical (unpaired) electrons. The minimum absolute atomic E-state index is 0.597. The topological polar surface area (TPSA) is 21.3 Å². The average Bonchev–Trinajstić information content (AvgIpc) is 2.90. The summed E-state index contributed by atoms with van der Waals surface area (Å²) in [4.78, 5) is 1.22. The van der Waals surface area contributed by atoms with Crippen LogP contribution >= 0.6 is 43.2 Å². The minimum atomic E-state index is 0.597. The lowest BCUT2D eigenvalue weighted by Crippen LogP contribution is -2.18. The summed E-state index contributed by atoms with van der Waals surface area (Å²) in [6.07, 6.45) is 0. The molecule has 0 spiro atoms. The van der Waals surface area contributed by atoms with Crippen molar-refractivity contribution in [2.45, 2.75) is 27.0 Å². The van der Waals surface area contributed by atoms with Crippen molar-refractivity contribution < 1.29 is 4.74 Å². The van der Waals surface area contributed by atoms with E-state index in [1.165, 1.54) is 10.4 Å². The Hall–Kier alpha value is -0.360. The predicted octanol–water partition coefficient (Wildman–Crippen LogP) is 5.60. The van der Waals surface area contributed by atoms with E-state index in [9.17, 15) is 0 Å². The van der Waals surface area contributed by atoms with Gasteiger partial charge in [-0.25, -0.2) is 0 Å². The minimum Gasteiger partial charge on any atom is -0.486 e. The molecule has 21 heavy (non-hydrogen) atoms. The molecule has 114 valence electrons. The third kappa shape index (κ3) is 5.40. The molecule has 5 heteroatoms. The number of halogens is 2. The van der Waals surface area contributed by atoms with Gasteiger partial charge in [-0.15, -0.1) is 11.3 Å². The zero-order chi connectivity index (χ0) is 15.2. The van der Waals surface area contributed by atoms with Crippen LogP contribution in [0.1, 0.15) is 24.3 Å². The molecule has 0 fully saturated rings. The molecule has 0 amide bonds. The summed E-state index contributed by atoms with van der Waals surface area (Å²) in [6.45, 7) is 6.90. The molecule has 0 atom stereocenters. The zero-order valence-corrected chi connectivity index (χ0v) is 16.1. The Morgan fingerprint density at radius 2 is 1.95 bits per heavy atom. The molecule has 0 aliphatic carbocycles. The van der Waals surface area contributed by atoms with Crippen LogP contribution in [0.2, 0.25) is 0 Å². The summed E-state index contributed by atoms with van der Waals surface area (Å²) in [6, 6.07) is 8.34. The van der Waals surface area contributed by atoms with Crippen molar-refractivity contribution in [3.05, 3.63) is 49.0 Å². The second-order valence-electron chi connectivity index (χ2n) is 5.28. The Labute approximate surface area is 147 Å². The zero-order valence-electron chi connectivity index (χ0n) is 12.2. The van der Waals surface area contributed by atoms with Crippen LogP contribution in [0.3, 0.4) is 0 Å². The van der Waals surface area contributed by atoms with Gasteiger partial charge in [0.05, 0.1) is 8.95 Å². The summed E-state index contributed by atoms with van der Waals surface area (Å²) < 4.78 is 7.87. The normalized spacial score (nSPS) is 11.1. The van der Waals surface area contributed by atoms with Crippen LogP contribution in [-0.2, 0) is 13.2 Å². The standard InChI is InChI=1S/C16H19Br2NOS/c1-11(2)8-19-9-12-6-14(17)16(15(18)7-12)20-10-13-4-3-5-21-13/h3-7,11,19H,8-10H2,1-2H3. The Balaban J connectivity index is 1.99. The molecule has 1 heterocycles. The van der Waals surface area contributed by atoms with E-state index in [2.05, 4.69) is 74.6 Å². The van der Waals surface area contributed by atoms with Gasteiger partial charge in [0.1, 0.15) is 12.4 Å². The first-order valence-electron chi connectivity index (χ1n) is 6.90. The quantitative estimate of drug-likeness (QED) is 0.614. The van der Waals surface area contributed by atoms with Crippen molar-refractivity contribution in [1.82, 2.24) is 5.32 Å². The first-order chi connectivity index (χ1) is 10.1. The Morgan fingerprint density at radius 3 is 2.52 bits per heavy atom. The number of thiophene rings is 1. The third-order valence-corrected chi connectivity index (χ3v) is 4.91. The maximum absolute atomic E-state index is 5.91. The van der Waals surface area contributed by atoms with Gasteiger partial charge in [0.25, 0.3) is 0 Å². The first kappa shape index (κ1) is 17.0. The van der Waals surface area contributed by atoms with Crippen LogP contribution in [0.4, 0.5) is 0 Å². The molecule has 2 nitrogen and oxygen atoms in total. The van der Waals surface area contributed by atoms with Gasteiger partial charge in [-0.2, -0.15) is 0 Å². The Morgan fingerprint density at radius 1 is 1.24 bits per heavy atom. The maximum atomic E-state index is 5.91. The highest BCUT2D eigenvalue weighted by molar-refractivity contribution is 9.11. The molecule has 0 saturated heterocycles. The maximum Gasteiger partial charge on any atom is 0.148 e. The number of ether oxygens (including phenoxy) is 1. The number of hydrogen-bond acceptors (Lipinski definition) is 3. The lowest BCUT2D eigenvalue weighted by atomic mass is 10.2. The molecule has 0 aliphatic heterocycles. The second-order valence-corrected chi connectivity index (χ2v) is 8.02. The average molecular weight is 433 g/mol. The van der Waals surface area contributed by atoms with Crippen molar-refractivity contribution in [1.29, 1.82) is 0 Å². The van der Waals surface area contributed by atoms with Crippen molar-refractivity contribution in [2.24, 2.45) is 5.92 Å². The highest BCUT2D eigenvalue weighted by Crippen LogP contribution is 2.35. The number of rotatable bonds is 7. The van der Waals surface area contributed by atoms with Crippen molar-refractivity contribution >= 4 is 43.2 Å². The van der Waals surface area contributed by atoms with Gasteiger partial charge in [-0.05, 0) is 73.5 Å². The molecule has 0 bridgehead atoms. The molecule has 1 aromatic heterocycles. The summed E-state index contributed by atoms with van der Waals surface area (Å²) >= 11 is 8.91. The monoisotopic (exact) mass is 431 g/mol. The van der Waals surface area contributed by atoms with Gasteiger partial charge in [-0.1, -0.05) is 19.9 Å². The fourth-order valence-electron chi connectivity index (χ4n) is 1.90. The lowest BCUT2D eigenvalue weighted by Gasteiger charge is -2.13. The highest BCUT2D eigenvalue weighted by atomic mass is 79.9. The fourth-order valence-corrected chi connectivity index (χ4v) is 4.02. The Kier molecular flexibility index (Phi) is 6.74. The highest BCUT2D eigenvalue weighted by Gasteiger charge is 2.10. The van der Waals surface area contributed by atoms with E-state index < -0.39 is 0 Å². The van der Waals surface area contributed by atoms with Crippen LogP contribution in [0, 0.1) is 5.92 Å². The van der Waals surface area contributed by atoms with E-state index in [0.717, 1.165) is 27.8 Å². The van der Waals surface area contributed by atoms with E-state index in [4.69, 9.17) is 4.74 Å². The smallest absolute Gasteiger partial charge is 0.148 e. The van der Waals surface area contributed by atoms with Gasteiger partial charge in [0.2, 0.25) is 0 Å². The lowest BCUT2D eigenvalue weighted by molar-refractivity contribution is 0.305. The van der Waals surface area contributed by atoms with Crippen molar-refractivity contribution in [2.75, 3.05) is 6.54 Å². The van der Waals surface area contributed by atoms with Crippen LogP contribution in [0.5, 0.6) is 5.75 Å². The van der Waals surface area contributed by atoms with E-state index in [-0.39, 0.29) is 0 Å². The molecule has 1 N–H and O–H groups in total. The van der Waals surface area contributed by atoms with Crippen LogP contribution in [-0.4, -0.2) is 6.54 Å². The van der Waals surface area contributed by atoms with E-state index in [1.807, 2.05) is 6.07 Å². The molecule has 0 unspecified atom stereocenters. The van der Waals surface area contributed by atoms with Crippen LogP contribution < -0.4 is 10.1 Å². The third-order valence-electron chi connectivity index (χ3n) is 2.88. The summed E-state index contributed by atoms with van der Waals surface area (Å²) in [7, 11) is 0. The molecule has 2 rings (SSSR count). The molecule has 0 aliphatic rings. The van der Waals surface area contributed by atoms with Gasteiger partial charge in [-0.3, -0.25) is 0 Å². The molecular weight excluding hydrogens is 414 g/mol. The largest absolute Gasteiger partial charge is 0.486 e. The molecular formula is C16H19Br2NOS. The molecule has 2 aromatic rings. The van der Waals surface area contributed by atoms with E-state index >= 15 is 0 Å². The SMILES string of the molecule is CC(C)CNCc1cc(Br)c(OCc2cccs2)c(Br)c1. The first-order valence-corrected chi connectivity index (χ1v) is 9.36. The van der Waals surface area contributed by atoms with Crippen molar-refractivity contribution in [3.8, 4) is 5.75 Å². The van der Waals surface area contributed by atoms with Gasteiger partial charge in [0.15, 0.2) is 0 Å². The molecule has 1 aromatic carbocycles. The van der Waals surface area contributed by atoms with E-state index in [0.29, 0.717) is 12.5 Å². The van der Waals surface area contributed by atoms with E-state index in [1.54, 1.807) is 11.3 Å². The van der Waals surface area contributed by atoms with Gasteiger partial charge < -0.3 is 10.1 Å². The number of nitrogens with one attached hydrogen (secondary N) is 1. The number of hydrogen-bond donors (Lipinski definition) is 1. The summed E-state index contributed by atoms with van der Waals surface area (Å²) in [5.74, 6) is 1.52. The second kappa shape index (κ2) is 8.32. The van der Waals surface area contributed by atoms with Crippen LogP contribution in [0.25, 0.3) is 0 Å². The fraction of sp³-hybridized carbons (Fsp3) is 0.375. The van der Waals surface area contributed by atoms with Crippen molar-refractivity contribution in [3.63, 3.8) is 0 Å². The van der Waals surface area contributed by atoms with Crippen LogP contribution in [0.15, 0.2) is 38.6 Å². The van der Waals surface area contributed by atoms with Gasteiger partial charge in [0, 0.05) is 11.4 Å².